The lowest BCUT2D eigenvalue weighted by Crippen LogP contribution is -2.11. The average Bonchev–Trinajstić information content (AvgIpc) is 2.46. The van der Waals surface area contributed by atoms with Crippen LogP contribution in [0.1, 0.15) is 31.9 Å². The van der Waals surface area contributed by atoms with Crippen LogP contribution in [0, 0.1) is 6.92 Å². The van der Waals surface area contributed by atoms with Crippen LogP contribution >= 0.6 is 0 Å². The summed E-state index contributed by atoms with van der Waals surface area (Å²) < 4.78 is 0. The second kappa shape index (κ2) is 2.88. The third-order valence-electron chi connectivity index (χ3n) is 2.73. The zero-order valence-electron chi connectivity index (χ0n) is 9.31. The molecule has 2 aromatic rings. The number of hydrogen-bond donors (Lipinski definition) is 1. The van der Waals surface area contributed by atoms with Gasteiger partial charge in [0.15, 0.2) is 0 Å². The van der Waals surface area contributed by atoms with Crippen molar-refractivity contribution >= 4 is 10.9 Å². The van der Waals surface area contributed by atoms with Crippen molar-refractivity contribution in [1.29, 1.82) is 0 Å². The standard InChI is InChI=1S/C13H17N/c1-9-8-14-12-10(9)6-5-7-11(12)13(2,3)4/h5-8,14H,1-4H3. The lowest BCUT2D eigenvalue weighted by molar-refractivity contribution is 0.595. The zero-order chi connectivity index (χ0) is 10.3. The molecule has 14 heavy (non-hydrogen) atoms. The number of aromatic amines is 1. The summed E-state index contributed by atoms with van der Waals surface area (Å²) in [5, 5.41) is 1.34. The number of benzene rings is 1. The number of hydrogen-bond acceptors (Lipinski definition) is 0. The van der Waals surface area contributed by atoms with Crippen LogP contribution in [0.5, 0.6) is 0 Å². The van der Waals surface area contributed by atoms with Crippen molar-refractivity contribution in [3.05, 3.63) is 35.5 Å². The van der Waals surface area contributed by atoms with Gasteiger partial charge >= 0.3 is 0 Å². The first-order valence-electron chi connectivity index (χ1n) is 5.07. The van der Waals surface area contributed by atoms with Gasteiger partial charge in [0.25, 0.3) is 0 Å². The minimum absolute atomic E-state index is 0.205. The maximum absolute atomic E-state index is 3.36. The fourth-order valence-corrected chi connectivity index (χ4v) is 1.92. The van der Waals surface area contributed by atoms with Gasteiger partial charge in [-0.2, -0.15) is 0 Å². The van der Waals surface area contributed by atoms with E-state index in [-0.39, 0.29) is 5.41 Å². The summed E-state index contributed by atoms with van der Waals surface area (Å²) >= 11 is 0. The highest BCUT2D eigenvalue weighted by Gasteiger charge is 2.17. The quantitative estimate of drug-likeness (QED) is 0.646. The van der Waals surface area contributed by atoms with E-state index in [1.807, 2.05) is 0 Å². The number of para-hydroxylation sites is 1. The van der Waals surface area contributed by atoms with Crippen molar-refractivity contribution in [3.8, 4) is 0 Å². The van der Waals surface area contributed by atoms with Gasteiger partial charge in [0.1, 0.15) is 0 Å². The molecule has 0 atom stereocenters. The monoisotopic (exact) mass is 187 g/mol. The van der Waals surface area contributed by atoms with Crippen LogP contribution in [0.25, 0.3) is 10.9 Å². The Bertz CT molecular complexity index is 458. The highest BCUT2D eigenvalue weighted by Crippen LogP contribution is 2.30. The third-order valence-corrected chi connectivity index (χ3v) is 2.73. The number of H-pyrrole nitrogens is 1. The van der Waals surface area contributed by atoms with Crippen molar-refractivity contribution in [3.63, 3.8) is 0 Å². The van der Waals surface area contributed by atoms with Crippen molar-refractivity contribution in [2.24, 2.45) is 0 Å². The molecule has 0 unspecified atom stereocenters. The SMILES string of the molecule is Cc1c[nH]c2c(C(C)(C)C)cccc12. The van der Waals surface area contributed by atoms with E-state index in [9.17, 15) is 0 Å². The summed E-state index contributed by atoms with van der Waals surface area (Å²) in [7, 11) is 0. The third kappa shape index (κ3) is 1.33. The molecular formula is C13H17N. The van der Waals surface area contributed by atoms with Crippen LogP contribution in [0.2, 0.25) is 0 Å². The largest absolute Gasteiger partial charge is 0.361 e. The van der Waals surface area contributed by atoms with Gasteiger partial charge in [-0.1, -0.05) is 39.0 Å². The van der Waals surface area contributed by atoms with E-state index >= 15 is 0 Å². The molecular weight excluding hydrogens is 170 g/mol. The summed E-state index contributed by atoms with van der Waals surface area (Å²) in [5.41, 5.74) is 4.21. The minimum Gasteiger partial charge on any atom is -0.361 e. The van der Waals surface area contributed by atoms with E-state index in [1.165, 1.54) is 22.0 Å². The van der Waals surface area contributed by atoms with Crippen LogP contribution in [-0.2, 0) is 5.41 Å². The Morgan fingerprint density at radius 3 is 2.50 bits per heavy atom. The summed E-state index contributed by atoms with van der Waals surface area (Å²) in [6.45, 7) is 8.89. The van der Waals surface area contributed by atoms with Crippen LogP contribution in [0.3, 0.4) is 0 Å². The predicted octanol–water partition coefficient (Wildman–Crippen LogP) is 3.77. The van der Waals surface area contributed by atoms with Crippen molar-refractivity contribution in [1.82, 2.24) is 4.98 Å². The van der Waals surface area contributed by atoms with Crippen LogP contribution in [0.4, 0.5) is 0 Å². The molecule has 0 amide bonds. The van der Waals surface area contributed by atoms with Crippen LogP contribution in [-0.4, -0.2) is 4.98 Å². The number of fused-ring (bicyclic) bond motifs is 1. The molecule has 2 rings (SSSR count). The van der Waals surface area contributed by atoms with Gasteiger partial charge in [-0.15, -0.1) is 0 Å². The summed E-state index contributed by atoms with van der Waals surface area (Å²) in [6.07, 6.45) is 2.08. The summed E-state index contributed by atoms with van der Waals surface area (Å²) in [4.78, 5) is 3.36. The second-order valence-corrected chi connectivity index (χ2v) is 4.95. The molecule has 0 aliphatic carbocycles. The normalized spacial score (nSPS) is 12.3. The molecule has 1 aromatic heterocycles. The molecule has 1 nitrogen and oxygen atoms in total. The van der Waals surface area contributed by atoms with Crippen molar-refractivity contribution in [2.45, 2.75) is 33.1 Å². The van der Waals surface area contributed by atoms with Gasteiger partial charge in [0.05, 0.1) is 0 Å². The van der Waals surface area contributed by atoms with Crippen LogP contribution < -0.4 is 0 Å². The van der Waals surface area contributed by atoms with Crippen molar-refractivity contribution < 1.29 is 0 Å². The molecule has 1 heteroatoms. The lowest BCUT2D eigenvalue weighted by Gasteiger charge is -2.19. The first-order chi connectivity index (χ1) is 6.50. The summed E-state index contributed by atoms with van der Waals surface area (Å²) in [6, 6.07) is 6.53. The number of nitrogens with one attached hydrogen (secondary N) is 1. The highest BCUT2D eigenvalue weighted by molar-refractivity contribution is 5.86. The Kier molecular flexibility index (Phi) is 1.91. The van der Waals surface area contributed by atoms with E-state index < -0.39 is 0 Å². The smallest absolute Gasteiger partial charge is 0.0494 e. The average molecular weight is 187 g/mol. The van der Waals surface area contributed by atoms with E-state index in [2.05, 4.69) is 57.1 Å². The van der Waals surface area contributed by atoms with E-state index in [4.69, 9.17) is 0 Å². The first-order valence-corrected chi connectivity index (χ1v) is 5.07. The number of aromatic nitrogens is 1. The predicted molar refractivity (Wildman–Crippen MR) is 61.7 cm³/mol. The first kappa shape index (κ1) is 9.32. The van der Waals surface area contributed by atoms with Gasteiger partial charge in [0, 0.05) is 17.1 Å². The molecule has 0 saturated carbocycles. The minimum atomic E-state index is 0.205. The Morgan fingerprint density at radius 1 is 1.14 bits per heavy atom. The molecule has 0 radical (unpaired) electrons. The molecule has 1 aromatic carbocycles. The van der Waals surface area contributed by atoms with Gasteiger partial charge in [-0.3, -0.25) is 0 Å². The van der Waals surface area contributed by atoms with Gasteiger partial charge in [-0.25, -0.2) is 0 Å². The lowest BCUT2D eigenvalue weighted by atomic mass is 9.85. The number of aryl methyl sites for hydroxylation is 1. The Balaban J connectivity index is 2.79. The Labute approximate surface area is 85.1 Å². The maximum atomic E-state index is 3.36. The molecule has 0 aliphatic rings. The molecule has 1 N–H and O–H groups in total. The molecule has 0 bridgehead atoms. The molecule has 74 valence electrons. The topological polar surface area (TPSA) is 15.8 Å². The van der Waals surface area contributed by atoms with Gasteiger partial charge < -0.3 is 4.98 Å². The fourth-order valence-electron chi connectivity index (χ4n) is 1.92. The molecule has 0 fully saturated rings. The van der Waals surface area contributed by atoms with Crippen molar-refractivity contribution in [2.75, 3.05) is 0 Å². The van der Waals surface area contributed by atoms with E-state index in [0.29, 0.717) is 0 Å². The summed E-state index contributed by atoms with van der Waals surface area (Å²) in [5.74, 6) is 0. The molecule has 1 heterocycles. The van der Waals surface area contributed by atoms with Crippen LogP contribution in [0.15, 0.2) is 24.4 Å². The van der Waals surface area contributed by atoms with E-state index in [0.717, 1.165) is 0 Å². The Hall–Kier alpha value is -1.24. The maximum Gasteiger partial charge on any atom is 0.0494 e. The molecule has 0 aliphatic heterocycles. The molecule has 0 spiro atoms. The number of rotatable bonds is 0. The van der Waals surface area contributed by atoms with Gasteiger partial charge in [0.2, 0.25) is 0 Å². The highest BCUT2D eigenvalue weighted by atomic mass is 14.7. The Morgan fingerprint density at radius 2 is 1.86 bits per heavy atom. The van der Waals surface area contributed by atoms with E-state index in [1.54, 1.807) is 0 Å². The fraction of sp³-hybridized carbons (Fsp3) is 0.385. The second-order valence-electron chi connectivity index (χ2n) is 4.95. The molecule has 0 saturated heterocycles. The van der Waals surface area contributed by atoms with Gasteiger partial charge in [-0.05, 0) is 23.5 Å². The zero-order valence-corrected chi connectivity index (χ0v) is 9.31.